The van der Waals surface area contributed by atoms with Gasteiger partial charge in [-0.15, -0.1) is 0 Å². The van der Waals surface area contributed by atoms with Gasteiger partial charge in [-0.2, -0.15) is 4.98 Å². The van der Waals surface area contributed by atoms with Gasteiger partial charge in [0.05, 0.1) is 11.6 Å². The summed E-state index contributed by atoms with van der Waals surface area (Å²) in [6.45, 7) is 0.0315. The fourth-order valence-corrected chi connectivity index (χ4v) is 2.45. The fraction of sp³-hybridized carbons (Fsp3) is 0.167. The quantitative estimate of drug-likeness (QED) is 0.632. The number of hydrogen-bond acceptors (Lipinski definition) is 5. The highest BCUT2D eigenvalue weighted by atomic mass is 35.5. The van der Waals surface area contributed by atoms with Gasteiger partial charge in [-0.3, -0.25) is 4.79 Å². The molecule has 0 aliphatic carbocycles. The number of aromatic nitrogens is 2. The van der Waals surface area contributed by atoms with Crippen LogP contribution in [0.2, 0.25) is 10.0 Å². The van der Waals surface area contributed by atoms with Crippen LogP contribution >= 0.6 is 23.2 Å². The molecule has 0 unspecified atom stereocenters. The van der Waals surface area contributed by atoms with Crippen molar-refractivity contribution in [2.24, 2.45) is 0 Å². The number of para-hydroxylation sites is 1. The maximum atomic E-state index is 12.2. The van der Waals surface area contributed by atoms with Crippen molar-refractivity contribution in [2.45, 2.75) is 6.54 Å². The highest BCUT2D eigenvalue weighted by Gasteiger charge is 2.15. The van der Waals surface area contributed by atoms with Crippen LogP contribution in [0.5, 0.6) is 5.75 Å². The molecule has 8 heteroatoms. The predicted octanol–water partition coefficient (Wildman–Crippen LogP) is 4.08. The summed E-state index contributed by atoms with van der Waals surface area (Å²) in [5, 5.41) is 5.00. The molecule has 6 nitrogen and oxygen atoms in total. The molecular formula is C18H15Cl2N3O3. The van der Waals surface area contributed by atoms with Crippen LogP contribution in [-0.4, -0.2) is 34.6 Å². The number of benzene rings is 2. The highest BCUT2D eigenvalue weighted by Crippen LogP contribution is 2.23. The molecule has 1 amide bonds. The molecular weight excluding hydrogens is 377 g/mol. The summed E-state index contributed by atoms with van der Waals surface area (Å²) in [6.07, 6.45) is 0. The number of hydrogen-bond donors (Lipinski definition) is 0. The van der Waals surface area contributed by atoms with Crippen molar-refractivity contribution >= 4 is 29.1 Å². The van der Waals surface area contributed by atoms with Crippen molar-refractivity contribution in [1.29, 1.82) is 0 Å². The molecule has 0 spiro atoms. The van der Waals surface area contributed by atoms with Crippen molar-refractivity contribution in [2.75, 3.05) is 13.7 Å². The Bertz CT molecular complexity index is 897. The number of nitrogens with zero attached hydrogens (tertiary/aromatic N) is 3. The van der Waals surface area contributed by atoms with Crippen LogP contribution in [-0.2, 0) is 11.3 Å². The van der Waals surface area contributed by atoms with Crippen molar-refractivity contribution in [1.82, 2.24) is 15.0 Å². The van der Waals surface area contributed by atoms with Crippen molar-refractivity contribution < 1.29 is 14.1 Å². The van der Waals surface area contributed by atoms with Crippen molar-refractivity contribution in [3.05, 3.63) is 64.5 Å². The SMILES string of the molecule is CN(Cc1nc(-c2ccc(Cl)cc2)no1)C(=O)COc1ccccc1Cl. The third kappa shape index (κ3) is 4.53. The normalized spacial score (nSPS) is 10.6. The number of rotatable bonds is 6. The molecule has 0 aliphatic rings. The zero-order valence-electron chi connectivity index (χ0n) is 13.9. The van der Waals surface area contributed by atoms with Crippen LogP contribution in [0, 0.1) is 0 Å². The minimum Gasteiger partial charge on any atom is -0.482 e. The Morgan fingerprint density at radius 1 is 1.15 bits per heavy atom. The van der Waals surface area contributed by atoms with Gasteiger partial charge < -0.3 is 14.2 Å². The van der Waals surface area contributed by atoms with E-state index in [1.807, 2.05) is 0 Å². The maximum absolute atomic E-state index is 12.2. The average molecular weight is 392 g/mol. The zero-order valence-corrected chi connectivity index (χ0v) is 15.4. The van der Waals surface area contributed by atoms with E-state index in [2.05, 4.69) is 10.1 Å². The molecule has 0 fully saturated rings. The summed E-state index contributed by atoms with van der Waals surface area (Å²) in [5.41, 5.74) is 0.778. The average Bonchev–Trinajstić information content (AvgIpc) is 3.09. The first-order valence-corrected chi connectivity index (χ1v) is 8.48. The summed E-state index contributed by atoms with van der Waals surface area (Å²) in [7, 11) is 1.63. The number of halogens is 2. The van der Waals surface area contributed by atoms with Crippen molar-refractivity contribution in [3.8, 4) is 17.1 Å². The van der Waals surface area contributed by atoms with Crippen molar-refractivity contribution in [3.63, 3.8) is 0 Å². The van der Waals surface area contributed by atoms with E-state index in [-0.39, 0.29) is 19.1 Å². The Hall–Kier alpha value is -2.57. The Balaban J connectivity index is 1.57. The molecule has 1 aromatic heterocycles. The first-order valence-electron chi connectivity index (χ1n) is 7.73. The van der Waals surface area contributed by atoms with Crippen LogP contribution in [0.25, 0.3) is 11.4 Å². The zero-order chi connectivity index (χ0) is 18.5. The van der Waals surface area contributed by atoms with Crippen LogP contribution in [0.1, 0.15) is 5.89 Å². The molecule has 0 saturated carbocycles. The minimum absolute atomic E-state index is 0.140. The summed E-state index contributed by atoms with van der Waals surface area (Å²) in [5.74, 6) is 0.975. The lowest BCUT2D eigenvalue weighted by molar-refractivity contribution is -0.132. The highest BCUT2D eigenvalue weighted by molar-refractivity contribution is 6.32. The third-order valence-electron chi connectivity index (χ3n) is 3.56. The van der Waals surface area contributed by atoms with Gasteiger partial charge in [-0.05, 0) is 36.4 Å². The maximum Gasteiger partial charge on any atom is 0.260 e. The van der Waals surface area contributed by atoms with E-state index in [4.69, 9.17) is 32.5 Å². The molecule has 1 heterocycles. The van der Waals surface area contributed by atoms with Crippen LogP contribution in [0.4, 0.5) is 0 Å². The smallest absolute Gasteiger partial charge is 0.260 e. The topological polar surface area (TPSA) is 68.5 Å². The van der Waals surface area contributed by atoms with Gasteiger partial charge in [0.15, 0.2) is 6.61 Å². The molecule has 134 valence electrons. The van der Waals surface area contributed by atoms with E-state index in [9.17, 15) is 4.79 Å². The molecule has 2 aromatic carbocycles. The van der Waals surface area contributed by atoms with Gasteiger partial charge in [-0.1, -0.05) is 40.5 Å². The molecule has 0 saturated heterocycles. The Kier molecular flexibility index (Phi) is 5.75. The molecule has 0 aliphatic heterocycles. The Morgan fingerprint density at radius 2 is 1.88 bits per heavy atom. The summed E-state index contributed by atoms with van der Waals surface area (Å²) < 4.78 is 10.6. The molecule has 0 N–H and O–H groups in total. The number of amides is 1. The van der Waals surface area contributed by atoms with E-state index in [0.717, 1.165) is 5.56 Å². The second-order valence-electron chi connectivity index (χ2n) is 5.49. The second kappa shape index (κ2) is 8.21. The number of carbonyl (C=O) groups is 1. The molecule has 3 aromatic rings. The van der Waals surface area contributed by atoms with E-state index in [1.54, 1.807) is 55.6 Å². The largest absolute Gasteiger partial charge is 0.482 e. The van der Waals surface area contributed by atoms with Gasteiger partial charge in [0.25, 0.3) is 5.91 Å². The third-order valence-corrected chi connectivity index (χ3v) is 4.12. The molecule has 0 bridgehead atoms. The first-order chi connectivity index (χ1) is 12.5. The Morgan fingerprint density at radius 3 is 2.62 bits per heavy atom. The van der Waals surface area contributed by atoms with E-state index in [1.165, 1.54) is 4.90 Å². The van der Waals surface area contributed by atoms with E-state index in [0.29, 0.717) is 27.5 Å². The lowest BCUT2D eigenvalue weighted by Crippen LogP contribution is -2.31. The van der Waals surface area contributed by atoms with Gasteiger partial charge in [0.1, 0.15) is 5.75 Å². The lowest BCUT2D eigenvalue weighted by atomic mass is 10.2. The minimum atomic E-state index is -0.240. The lowest BCUT2D eigenvalue weighted by Gasteiger charge is -2.15. The number of ether oxygens (including phenoxy) is 1. The summed E-state index contributed by atoms with van der Waals surface area (Å²) >= 11 is 11.9. The number of carbonyl (C=O) groups excluding carboxylic acids is 1. The van der Waals surface area contributed by atoms with Crippen LogP contribution in [0.15, 0.2) is 53.1 Å². The second-order valence-corrected chi connectivity index (χ2v) is 6.33. The van der Waals surface area contributed by atoms with E-state index >= 15 is 0 Å². The Labute approximate surface area is 160 Å². The van der Waals surface area contributed by atoms with Crippen LogP contribution in [0.3, 0.4) is 0 Å². The van der Waals surface area contributed by atoms with E-state index < -0.39 is 0 Å². The summed E-state index contributed by atoms with van der Waals surface area (Å²) in [6, 6.07) is 14.0. The number of likely N-dealkylation sites (N-methyl/N-ethyl adjacent to an activating group) is 1. The van der Waals surface area contributed by atoms with Gasteiger partial charge in [0.2, 0.25) is 11.7 Å². The standard InChI is InChI=1S/C18H15Cl2N3O3/c1-23(17(24)11-25-15-5-3-2-4-14(15)20)10-16-21-18(22-26-16)12-6-8-13(19)9-7-12/h2-9H,10-11H2,1H3. The first kappa shape index (κ1) is 18.2. The van der Waals surface area contributed by atoms with Crippen LogP contribution < -0.4 is 4.74 Å². The monoisotopic (exact) mass is 391 g/mol. The van der Waals surface area contributed by atoms with Gasteiger partial charge in [0, 0.05) is 17.6 Å². The van der Waals surface area contributed by atoms with Gasteiger partial charge >= 0.3 is 0 Å². The summed E-state index contributed by atoms with van der Waals surface area (Å²) in [4.78, 5) is 17.9. The molecule has 0 atom stereocenters. The fourth-order valence-electron chi connectivity index (χ4n) is 2.14. The predicted molar refractivity (Wildman–Crippen MR) is 98.2 cm³/mol. The van der Waals surface area contributed by atoms with Gasteiger partial charge in [-0.25, -0.2) is 0 Å². The molecule has 26 heavy (non-hydrogen) atoms. The molecule has 0 radical (unpaired) electrons. The molecule has 3 rings (SSSR count).